The summed E-state index contributed by atoms with van der Waals surface area (Å²) < 4.78 is 0. The SMILES string of the molecule is N.N.N.N.N.N.O.O.O.[Rh]. The van der Waals surface area contributed by atoms with Gasteiger partial charge < -0.3 is 53.3 Å². The standard InChI is InChI=1S/6H3N.3H2O.Rh/h6*1H3;3*1H2;. The molecule has 0 heterocycles. The zero-order valence-corrected chi connectivity index (χ0v) is 7.71. The maximum atomic E-state index is 0. The van der Waals surface area contributed by atoms with Crippen LogP contribution in [0.15, 0.2) is 0 Å². The van der Waals surface area contributed by atoms with Gasteiger partial charge in [0.1, 0.15) is 0 Å². The molecular weight excluding hydrogens is 235 g/mol. The van der Waals surface area contributed by atoms with Gasteiger partial charge in [-0.15, -0.1) is 0 Å². The molecule has 10 heteroatoms. The number of rotatable bonds is 0. The van der Waals surface area contributed by atoms with Crippen molar-refractivity contribution in [1.29, 1.82) is 0 Å². The first kappa shape index (κ1) is 12700. The van der Waals surface area contributed by atoms with Gasteiger partial charge in [0.2, 0.25) is 0 Å². The van der Waals surface area contributed by atoms with Gasteiger partial charge in [0.05, 0.1) is 0 Å². The Balaban J connectivity index is 0. The molecule has 0 atom stereocenters. The molecule has 0 aliphatic rings. The van der Waals surface area contributed by atoms with Gasteiger partial charge in [-0.3, -0.25) is 0 Å². The second kappa shape index (κ2) is 9120. The largest absolute Gasteiger partial charge is 0.412 e. The van der Waals surface area contributed by atoms with Crippen LogP contribution in [0.2, 0.25) is 0 Å². The molecule has 0 aliphatic carbocycles. The van der Waals surface area contributed by atoms with E-state index >= 15 is 0 Å². The zero-order valence-electron chi connectivity index (χ0n) is 6.08. The Kier molecular flexibility index (Phi) is 11600000. The molecule has 0 aliphatic heterocycles. The molecule has 24 N–H and O–H groups in total. The summed E-state index contributed by atoms with van der Waals surface area (Å²) in [4.78, 5) is 0. The Hall–Kier alpha value is 0.263. The van der Waals surface area contributed by atoms with E-state index in [1.807, 2.05) is 0 Å². The molecule has 0 rings (SSSR count). The molecule has 0 aromatic carbocycles. The molecule has 1 radical (unpaired) electrons. The molecule has 0 unspecified atom stereocenters. The number of hydrogen-bond acceptors (Lipinski definition) is 6. The van der Waals surface area contributed by atoms with Crippen molar-refractivity contribution >= 4 is 0 Å². The first-order chi connectivity index (χ1) is 0. The van der Waals surface area contributed by atoms with Crippen LogP contribution in [0.3, 0.4) is 0 Å². The van der Waals surface area contributed by atoms with Crippen molar-refractivity contribution in [2.45, 2.75) is 0 Å². The van der Waals surface area contributed by atoms with Crippen molar-refractivity contribution in [2.24, 2.45) is 0 Å². The van der Waals surface area contributed by atoms with Crippen molar-refractivity contribution in [2.75, 3.05) is 0 Å². The van der Waals surface area contributed by atoms with Crippen molar-refractivity contribution in [3.05, 3.63) is 0 Å². The fourth-order valence-electron chi connectivity index (χ4n) is 0. The van der Waals surface area contributed by atoms with E-state index in [9.17, 15) is 0 Å². The van der Waals surface area contributed by atoms with Gasteiger partial charge in [-0.1, -0.05) is 0 Å². The molecule has 10 heavy (non-hydrogen) atoms. The van der Waals surface area contributed by atoms with Crippen LogP contribution >= 0.6 is 0 Å². The quantitative estimate of drug-likeness (QED) is 0.280. The Morgan fingerprint density at radius 1 is 0.300 bits per heavy atom. The maximum absolute atomic E-state index is 0. The monoisotopic (exact) mass is 259 g/mol. The second-order valence-corrected chi connectivity index (χ2v) is 0. The van der Waals surface area contributed by atoms with Gasteiger partial charge in [0, 0.05) is 19.5 Å². The summed E-state index contributed by atoms with van der Waals surface area (Å²) in [7, 11) is 0. The Morgan fingerprint density at radius 2 is 0.300 bits per heavy atom. The zero-order chi connectivity index (χ0) is 0. The predicted molar refractivity (Wildman–Crippen MR) is 41.0 cm³/mol. The van der Waals surface area contributed by atoms with E-state index in [2.05, 4.69) is 0 Å². The Morgan fingerprint density at radius 3 is 0.300 bits per heavy atom. The van der Waals surface area contributed by atoms with Gasteiger partial charge in [-0.25, -0.2) is 0 Å². The third kappa shape index (κ3) is 6280. The second-order valence-electron chi connectivity index (χ2n) is 0. The fourth-order valence-corrected chi connectivity index (χ4v) is 0. The van der Waals surface area contributed by atoms with Gasteiger partial charge in [-0.2, -0.15) is 0 Å². The van der Waals surface area contributed by atoms with Crippen molar-refractivity contribution in [3.8, 4) is 0 Å². The molecule has 0 spiro atoms. The van der Waals surface area contributed by atoms with Crippen LogP contribution in [0.4, 0.5) is 0 Å². The van der Waals surface area contributed by atoms with Crippen LogP contribution in [0.5, 0.6) is 0 Å². The van der Waals surface area contributed by atoms with Crippen LogP contribution in [0, 0.1) is 0 Å². The molecule has 81 valence electrons. The Labute approximate surface area is 73.5 Å². The number of hydrogen-bond donors (Lipinski definition) is 6. The van der Waals surface area contributed by atoms with Gasteiger partial charge in [-0.05, 0) is 0 Å². The van der Waals surface area contributed by atoms with Gasteiger partial charge >= 0.3 is 0 Å². The predicted octanol–water partition coefficient (Wildman–Crippen LogP) is -1.50. The third-order valence-corrected chi connectivity index (χ3v) is 0. The summed E-state index contributed by atoms with van der Waals surface area (Å²) >= 11 is 0. The van der Waals surface area contributed by atoms with Crippen molar-refractivity contribution < 1.29 is 35.9 Å². The van der Waals surface area contributed by atoms with Gasteiger partial charge in [0.25, 0.3) is 0 Å². The minimum Gasteiger partial charge on any atom is -0.412 e. The van der Waals surface area contributed by atoms with E-state index in [1.54, 1.807) is 0 Å². The molecular formula is H24N6O3Rh. The van der Waals surface area contributed by atoms with Crippen LogP contribution in [0.1, 0.15) is 0 Å². The molecule has 0 saturated heterocycles. The van der Waals surface area contributed by atoms with Crippen molar-refractivity contribution in [3.63, 3.8) is 0 Å². The minimum absolute atomic E-state index is 0. The summed E-state index contributed by atoms with van der Waals surface area (Å²) in [5, 5.41) is 0. The molecule has 0 fully saturated rings. The van der Waals surface area contributed by atoms with Crippen LogP contribution < -0.4 is 36.9 Å². The minimum atomic E-state index is 0. The fraction of sp³-hybridized carbons (Fsp3) is 0. The first-order valence-corrected chi connectivity index (χ1v) is 0. The summed E-state index contributed by atoms with van der Waals surface area (Å²) in [5.74, 6) is 0. The van der Waals surface area contributed by atoms with Crippen molar-refractivity contribution in [1.82, 2.24) is 36.9 Å². The molecule has 9 nitrogen and oxygen atoms in total. The average molecular weight is 259 g/mol. The van der Waals surface area contributed by atoms with E-state index in [0.29, 0.717) is 0 Å². The molecule has 0 amide bonds. The van der Waals surface area contributed by atoms with E-state index in [4.69, 9.17) is 0 Å². The van der Waals surface area contributed by atoms with E-state index in [-0.39, 0.29) is 72.8 Å². The molecule has 0 aromatic rings. The van der Waals surface area contributed by atoms with E-state index in [0.717, 1.165) is 0 Å². The van der Waals surface area contributed by atoms with E-state index < -0.39 is 0 Å². The normalized spacial score (nSPS) is 0. The molecule has 0 aromatic heterocycles. The van der Waals surface area contributed by atoms with Crippen LogP contribution in [-0.2, 0) is 19.5 Å². The van der Waals surface area contributed by atoms with E-state index in [1.165, 1.54) is 0 Å². The average Bonchev–Trinajstić information content (AvgIpc) is 0. The maximum Gasteiger partial charge on any atom is 0 e. The molecule has 0 bridgehead atoms. The van der Waals surface area contributed by atoms with Gasteiger partial charge in [0.15, 0.2) is 0 Å². The van der Waals surface area contributed by atoms with Crippen LogP contribution in [-0.4, -0.2) is 16.4 Å². The summed E-state index contributed by atoms with van der Waals surface area (Å²) in [6.45, 7) is 0. The third-order valence-electron chi connectivity index (χ3n) is 0. The topological polar surface area (TPSA) is 304 Å². The molecule has 0 saturated carbocycles. The first-order valence-electron chi connectivity index (χ1n) is 0. The Bertz CT molecular complexity index is 13.0. The van der Waals surface area contributed by atoms with Crippen LogP contribution in [0.25, 0.3) is 0 Å². The summed E-state index contributed by atoms with van der Waals surface area (Å²) in [5.41, 5.74) is 0. The smallest absolute Gasteiger partial charge is 0 e. The summed E-state index contributed by atoms with van der Waals surface area (Å²) in [6, 6.07) is 0. The summed E-state index contributed by atoms with van der Waals surface area (Å²) in [6.07, 6.45) is 0.